The predicted octanol–water partition coefficient (Wildman–Crippen LogP) is 1.60. The summed E-state index contributed by atoms with van der Waals surface area (Å²) >= 11 is 0. The summed E-state index contributed by atoms with van der Waals surface area (Å²) in [7, 11) is -3.63. The lowest BCUT2D eigenvalue weighted by atomic mass is 9.98. The van der Waals surface area contributed by atoms with E-state index in [0.29, 0.717) is 6.54 Å². The molecule has 1 amide bonds. The number of amides is 1. The minimum Gasteiger partial charge on any atom is -0.480 e. The number of sulfonamides is 1. The van der Waals surface area contributed by atoms with E-state index >= 15 is 0 Å². The normalized spacial score (nSPS) is 14.2. The molecule has 0 aromatic heterocycles. The van der Waals surface area contributed by atoms with Gasteiger partial charge in [-0.2, -0.15) is 0 Å². The molecular weight excluding hydrogens is 332 g/mol. The van der Waals surface area contributed by atoms with E-state index in [9.17, 15) is 23.1 Å². The van der Waals surface area contributed by atoms with Gasteiger partial charge >= 0.3 is 5.97 Å². The van der Waals surface area contributed by atoms with Gasteiger partial charge in [-0.15, -0.1) is 0 Å². The first-order valence-corrected chi connectivity index (χ1v) is 9.16. The Labute approximate surface area is 142 Å². The number of benzene rings is 1. The Balaban J connectivity index is 2.91. The fraction of sp³-hybridized carbons (Fsp3) is 0.500. The molecule has 1 rings (SSSR count). The highest BCUT2D eigenvalue weighted by Gasteiger charge is 2.33. The molecule has 0 heterocycles. The van der Waals surface area contributed by atoms with Gasteiger partial charge in [0.05, 0.1) is 4.90 Å². The van der Waals surface area contributed by atoms with Crippen LogP contribution in [0.5, 0.6) is 0 Å². The van der Waals surface area contributed by atoms with E-state index in [4.69, 9.17) is 0 Å². The molecule has 0 aliphatic heterocycles. The van der Waals surface area contributed by atoms with E-state index in [0.717, 1.165) is 0 Å². The largest absolute Gasteiger partial charge is 0.480 e. The number of carboxylic acid groups (broad SMARTS) is 1. The van der Waals surface area contributed by atoms with Crippen molar-refractivity contribution in [1.82, 2.24) is 10.0 Å². The van der Waals surface area contributed by atoms with Crippen LogP contribution >= 0.6 is 0 Å². The Hall–Kier alpha value is -1.93. The lowest BCUT2D eigenvalue weighted by Crippen LogP contribution is -2.51. The summed E-state index contributed by atoms with van der Waals surface area (Å²) in [6.07, 6.45) is 0.222. The van der Waals surface area contributed by atoms with Gasteiger partial charge in [-0.25, -0.2) is 17.9 Å². The Bertz CT molecular complexity index is 698. The molecule has 1 aromatic carbocycles. The van der Waals surface area contributed by atoms with Crippen molar-refractivity contribution < 1.29 is 23.1 Å². The van der Waals surface area contributed by atoms with Crippen molar-refractivity contribution in [3.8, 4) is 0 Å². The van der Waals surface area contributed by atoms with Crippen LogP contribution in [0.3, 0.4) is 0 Å². The Morgan fingerprint density at radius 1 is 1.21 bits per heavy atom. The molecule has 3 N–H and O–H groups in total. The molecule has 1 aromatic rings. The summed E-state index contributed by atoms with van der Waals surface area (Å²) in [5.74, 6) is -1.52. The van der Waals surface area contributed by atoms with Gasteiger partial charge in [0.15, 0.2) is 0 Å². The number of hydrogen-bond donors (Lipinski definition) is 3. The standard InChI is InChI=1S/C16H24N2O5S/c1-5-16(4,15(20)21)18-14(19)12-6-8-13(9-7-12)24(22,23)17-10-11(2)3/h6-9,11,17H,5,10H2,1-4H3,(H,18,19)(H,20,21). The lowest BCUT2D eigenvalue weighted by Gasteiger charge is -2.24. The number of carbonyl (C=O) groups excluding carboxylic acids is 1. The van der Waals surface area contributed by atoms with Crippen LogP contribution in [-0.2, 0) is 14.8 Å². The van der Waals surface area contributed by atoms with Crippen LogP contribution in [0.25, 0.3) is 0 Å². The Morgan fingerprint density at radius 3 is 2.17 bits per heavy atom. The molecule has 0 aliphatic rings. The molecule has 7 nitrogen and oxygen atoms in total. The van der Waals surface area contributed by atoms with Crippen LogP contribution in [0, 0.1) is 5.92 Å². The second-order valence-electron chi connectivity index (χ2n) is 6.22. The topological polar surface area (TPSA) is 113 Å². The maximum absolute atomic E-state index is 12.2. The molecule has 0 radical (unpaired) electrons. The van der Waals surface area contributed by atoms with Gasteiger partial charge in [0.2, 0.25) is 10.0 Å². The highest BCUT2D eigenvalue weighted by atomic mass is 32.2. The minimum atomic E-state index is -3.63. The molecule has 0 saturated heterocycles. The molecule has 0 fully saturated rings. The number of aliphatic carboxylic acids is 1. The highest BCUT2D eigenvalue weighted by molar-refractivity contribution is 7.89. The molecule has 8 heteroatoms. The van der Waals surface area contributed by atoms with E-state index in [2.05, 4.69) is 10.0 Å². The summed E-state index contributed by atoms with van der Waals surface area (Å²) in [5.41, 5.74) is -1.18. The monoisotopic (exact) mass is 356 g/mol. The summed E-state index contributed by atoms with van der Waals surface area (Å²) in [5, 5.41) is 11.6. The van der Waals surface area contributed by atoms with Gasteiger partial charge in [-0.05, 0) is 43.5 Å². The molecule has 0 bridgehead atoms. The van der Waals surface area contributed by atoms with E-state index in [1.54, 1.807) is 6.92 Å². The Kier molecular flexibility index (Phi) is 6.50. The molecule has 0 spiro atoms. The van der Waals surface area contributed by atoms with Crippen LogP contribution in [-0.4, -0.2) is 37.5 Å². The predicted molar refractivity (Wildman–Crippen MR) is 90.3 cm³/mol. The van der Waals surface area contributed by atoms with Crippen molar-refractivity contribution in [2.45, 2.75) is 44.6 Å². The summed E-state index contributed by atoms with van der Waals surface area (Å²) in [6, 6.07) is 5.36. The zero-order chi connectivity index (χ0) is 18.5. The minimum absolute atomic E-state index is 0.0520. The molecule has 1 unspecified atom stereocenters. The van der Waals surface area contributed by atoms with E-state index in [-0.39, 0.29) is 22.8 Å². The summed E-state index contributed by atoms with van der Waals surface area (Å²) in [4.78, 5) is 23.4. The third-order valence-corrected chi connectivity index (χ3v) is 5.12. The van der Waals surface area contributed by atoms with Gasteiger partial charge in [0, 0.05) is 12.1 Å². The van der Waals surface area contributed by atoms with Crippen molar-refractivity contribution in [3.63, 3.8) is 0 Å². The van der Waals surface area contributed by atoms with Crippen LogP contribution in [0.4, 0.5) is 0 Å². The zero-order valence-electron chi connectivity index (χ0n) is 14.3. The van der Waals surface area contributed by atoms with Crippen molar-refractivity contribution in [1.29, 1.82) is 0 Å². The fourth-order valence-corrected chi connectivity index (χ4v) is 2.97. The quantitative estimate of drug-likeness (QED) is 0.655. The fourth-order valence-electron chi connectivity index (χ4n) is 1.76. The number of carboxylic acids is 1. The lowest BCUT2D eigenvalue weighted by molar-refractivity contribution is -0.143. The summed E-state index contributed by atoms with van der Waals surface area (Å²) < 4.78 is 26.7. The number of rotatable bonds is 8. The van der Waals surface area contributed by atoms with Gasteiger partial charge in [-0.3, -0.25) is 4.79 Å². The highest BCUT2D eigenvalue weighted by Crippen LogP contribution is 2.14. The number of carbonyl (C=O) groups is 2. The smallest absolute Gasteiger partial charge is 0.329 e. The Morgan fingerprint density at radius 2 is 1.75 bits per heavy atom. The van der Waals surface area contributed by atoms with Gasteiger partial charge < -0.3 is 10.4 Å². The average Bonchev–Trinajstić information content (AvgIpc) is 2.52. The number of nitrogens with one attached hydrogen (secondary N) is 2. The first kappa shape index (κ1) is 20.1. The van der Waals surface area contributed by atoms with Gasteiger partial charge in [0.1, 0.15) is 5.54 Å². The van der Waals surface area contributed by atoms with E-state index in [1.807, 2.05) is 13.8 Å². The molecule has 0 saturated carbocycles. The van der Waals surface area contributed by atoms with Crippen molar-refractivity contribution >= 4 is 21.9 Å². The van der Waals surface area contributed by atoms with Crippen molar-refractivity contribution in [3.05, 3.63) is 29.8 Å². The van der Waals surface area contributed by atoms with Crippen LogP contribution < -0.4 is 10.0 Å². The van der Waals surface area contributed by atoms with E-state index < -0.39 is 27.4 Å². The van der Waals surface area contributed by atoms with Crippen molar-refractivity contribution in [2.24, 2.45) is 5.92 Å². The first-order valence-electron chi connectivity index (χ1n) is 7.67. The van der Waals surface area contributed by atoms with Crippen molar-refractivity contribution in [2.75, 3.05) is 6.54 Å². The van der Waals surface area contributed by atoms with Crippen LogP contribution in [0.2, 0.25) is 0 Å². The molecule has 1 atom stereocenters. The maximum Gasteiger partial charge on any atom is 0.329 e. The van der Waals surface area contributed by atoms with Crippen LogP contribution in [0.1, 0.15) is 44.5 Å². The average molecular weight is 356 g/mol. The third-order valence-electron chi connectivity index (χ3n) is 3.68. The second kappa shape index (κ2) is 7.76. The molecule has 0 aliphatic carbocycles. The molecular formula is C16H24N2O5S. The maximum atomic E-state index is 12.2. The van der Waals surface area contributed by atoms with Gasteiger partial charge in [0.25, 0.3) is 5.91 Å². The molecule has 24 heavy (non-hydrogen) atoms. The summed E-state index contributed by atoms with van der Waals surface area (Å²) in [6.45, 7) is 7.18. The zero-order valence-corrected chi connectivity index (χ0v) is 15.1. The first-order chi connectivity index (χ1) is 11.0. The number of hydrogen-bond acceptors (Lipinski definition) is 4. The SMILES string of the molecule is CCC(C)(NC(=O)c1ccc(S(=O)(=O)NCC(C)C)cc1)C(=O)O. The third kappa shape index (κ3) is 5.04. The second-order valence-corrected chi connectivity index (χ2v) is 7.98. The molecule has 134 valence electrons. The van der Waals surface area contributed by atoms with Crippen LogP contribution in [0.15, 0.2) is 29.2 Å². The van der Waals surface area contributed by atoms with Gasteiger partial charge in [-0.1, -0.05) is 20.8 Å². The van der Waals surface area contributed by atoms with E-state index in [1.165, 1.54) is 31.2 Å².